The number of nitrogens with one attached hydrogen (secondary N) is 1. The van der Waals surface area contributed by atoms with Crippen LogP contribution in [0, 0.1) is 0 Å². The van der Waals surface area contributed by atoms with Gasteiger partial charge in [-0.2, -0.15) is 0 Å². The van der Waals surface area contributed by atoms with Gasteiger partial charge in [0, 0.05) is 0 Å². The quantitative estimate of drug-likeness (QED) is 0.838. The molecule has 0 aliphatic carbocycles. The summed E-state index contributed by atoms with van der Waals surface area (Å²) in [5.74, 6) is -0.472. The van der Waals surface area contributed by atoms with Crippen molar-refractivity contribution < 1.29 is 19.4 Å². The maximum Gasteiger partial charge on any atom is 0.335 e. The molecule has 0 heterocycles. The number of aromatic carboxylic acids is 1. The lowest BCUT2D eigenvalue weighted by molar-refractivity contribution is -0.113. The molecule has 104 valence electrons. The summed E-state index contributed by atoms with van der Waals surface area (Å²) in [7, 11) is 1.47. The summed E-state index contributed by atoms with van der Waals surface area (Å²) in [6.07, 6.45) is 0. The van der Waals surface area contributed by atoms with Crippen LogP contribution in [-0.2, 0) is 4.79 Å². The zero-order valence-corrected chi connectivity index (χ0v) is 11.9. The van der Waals surface area contributed by atoms with Crippen LogP contribution in [0.2, 0.25) is 0 Å². The fraction of sp³-hybridized carbons (Fsp3) is 0.385. The summed E-state index contributed by atoms with van der Waals surface area (Å²) in [5, 5.41) is 11.9. The van der Waals surface area contributed by atoms with Gasteiger partial charge in [0.15, 0.2) is 0 Å². The van der Waals surface area contributed by atoms with Gasteiger partial charge in [-0.05, 0) is 23.4 Å². The van der Waals surface area contributed by atoms with Crippen LogP contribution in [0.25, 0.3) is 0 Å². The summed E-state index contributed by atoms with van der Waals surface area (Å²) in [6, 6.07) is 4.34. The molecule has 0 unspecified atom stereocenters. The third-order valence-corrected chi connectivity index (χ3v) is 3.36. The van der Waals surface area contributed by atoms with E-state index in [1.165, 1.54) is 37.1 Å². The van der Waals surface area contributed by atoms with E-state index in [0.29, 0.717) is 22.4 Å². The van der Waals surface area contributed by atoms with E-state index in [9.17, 15) is 9.59 Å². The number of thioether (sulfide) groups is 1. The topological polar surface area (TPSA) is 75.6 Å². The number of hydrogen-bond acceptors (Lipinski definition) is 4. The van der Waals surface area contributed by atoms with E-state index in [2.05, 4.69) is 5.32 Å². The van der Waals surface area contributed by atoms with E-state index in [1.54, 1.807) is 0 Å². The number of carboxylic acids is 1. The molecule has 1 amide bonds. The molecule has 0 radical (unpaired) electrons. The van der Waals surface area contributed by atoms with Gasteiger partial charge in [0.05, 0.1) is 24.1 Å². The second kappa shape index (κ2) is 7.04. The summed E-state index contributed by atoms with van der Waals surface area (Å²) in [4.78, 5) is 22.6. The van der Waals surface area contributed by atoms with Gasteiger partial charge in [0.2, 0.25) is 5.91 Å². The number of methoxy groups -OCH3 is 1. The first kappa shape index (κ1) is 15.4. The molecule has 0 bridgehead atoms. The van der Waals surface area contributed by atoms with Crippen molar-refractivity contribution >= 4 is 29.3 Å². The molecule has 0 fully saturated rings. The summed E-state index contributed by atoms with van der Waals surface area (Å²) in [5.41, 5.74) is 0.476. The Bertz CT molecular complexity index is 474. The molecule has 0 saturated heterocycles. The van der Waals surface area contributed by atoms with Crippen molar-refractivity contribution in [2.24, 2.45) is 0 Å². The maximum absolute atomic E-state index is 11.7. The zero-order valence-electron chi connectivity index (χ0n) is 11.1. The Morgan fingerprint density at radius 1 is 1.42 bits per heavy atom. The molecule has 1 aromatic carbocycles. The van der Waals surface area contributed by atoms with E-state index in [-0.39, 0.29) is 11.5 Å². The van der Waals surface area contributed by atoms with E-state index in [1.807, 2.05) is 13.8 Å². The first-order valence-electron chi connectivity index (χ1n) is 5.76. The highest BCUT2D eigenvalue weighted by Crippen LogP contribution is 2.25. The lowest BCUT2D eigenvalue weighted by Gasteiger charge is -2.11. The van der Waals surface area contributed by atoms with Crippen molar-refractivity contribution in [3.8, 4) is 5.75 Å². The molecule has 1 rings (SSSR count). The molecule has 6 heteroatoms. The smallest absolute Gasteiger partial charge is 0.335 e. The van der Waals surface area contributed by atoms with Crippen LogP contribution < -0.4 is 10.1 Å². The van der Waals surface area contributed by atoms with Gasteiger partial charge in [0.25, 0.3) is 0 Å². The van der Waals surface area contributed by atoms with Gasteiger partial charge in [-0.3, -0.25) is 4.79 Å². The number of carbonyl (C=O) groups excluding carboxylic acids is 1. The minimum absolute atomic E-state index is 0.104. The number of amides is 1. The fourth-order valence-electron chi connectivity index (χ4n) is 1.37. The first-order valence-corrected chi connectivity index (χ1v) is 6.81. The molecular weight excluding hydrogens is 266 g/mol. The molecule has 0 aromatic heterocycles. The Hall–Kier alpha value is -1.69. The van der Waals surface area contributed by atoms with Gasteiger partial charge in [-0.1, -0.05) is 13.8 Å². The molecular formula is C13H17NO4S. The Morgan fingerprint density at radius 3 is 2.63 bits per heavy atom. The molecule has 0 atom stereocenters. The predicted molar refractivity (Wildman–Crippen MR) is 76.2 cm³/mol. The number of carbonyl (C=O) groups is 2. The average Bonchev–Trinajstić information content (AvgIpc) is 2.36. The number of rotatable bonds is 6. The van der Waals surface area contributed by atoms with Crippen molar-refractivity contribution in [3.63, 3.8) is 0 Å². The van der Waals surface area contributed by atoms with Gasteiger partial charge in [-0.25, -0.2) is 4.79 Å². The second-order valence-corrected chi connectivity index (χ2v) is 5.69. The fourth-order valence-corrected chi connectivity index (χ4v) is 1.92. The Balaban J connectivity index is 2.82. The predicted octanol–water partition coefficient (Wildman–Crippen LogP) is 2.47. The minimum atomic E-state index is -1.05. The van der Waals surface area contributed by atoms with Crippen LogP contribution in [0.5, 0.6) is 5.75 Å². The minimum Gasteiger partial charge on any atom is -0.495 e. The zero-order chi connectivity index (χ0) is 14.4. The van der Waals surface area contributed by atoms with Crippen LogP contribution in [-0.4, -0.2) is 35.1 Å². The normalized spacial score (nSPS) is 10.3. The standard InChI is InChI=1S/C13H17NO4S/c1-8(2)19-7-12(15)14-10-6-9(13(16)17)4-5-11(10)18-3/h4-6,8H,7H2,1-3H3,(H,14,15)(H,16,17). The molecule has 0 aliphatic rings. The number of ether oxygens (including phenoxy) is 1. The van der Waals surface area contributed by atoms with Crippen molar-refractivity contribution in [1.29, 1.82) is 0 Å². The highest BCUT2D eigenvalue weighted by molar-refractivity contribution is 8.00. The van der Waals surface area contributed by atoms with Crippen LogP contribution in [0.4, 0.5) is 5.69 Å². The largest absolute Gasteiger partial charge is 0.495 e. The van der Waals surface area contributed by atoms with E-state index in [0.717, 1.165) is 0 Å². The van der Waals surface area contributed by atoms with Crippen molar-refractivity contribution in [3.05, 3.63) is 23.8 Å². The molecule has 2 N–H and O–H groups in total. The van der Waals surface area contributed by atoms with E-state index < -0.39 is 5.97 Å². The second-order valence-electron chi connectivity index (χ2n) is 4.13. The summed E-state index contributed by atoms with van der Waals surface area (Å²) >= 11 is 1.51. The molecule has 5 nitrogen and oxygen atoms in total. The monoisotopic (exact) mass is 283 g/mol. The van der Waals surface area contributed by atoms with E-state index >= 15 is 0 Å². The Morgan fingerprint density at radius 2 is 2.11 bits per heavy atom. The van der Waals surface area contributed by atoms with Crippen molar-refractivity contribution in [1.82, 2.24) is 0 Å². The lowest BCUT2D eigenvalue weighted by atomic mass is 10.2. The van der Waals surface area contributed by atoms with Crippen LogP contribution in [0.15, 0.2) is 18.2 Å². The number of carboxylic acid groups (broad SMARTS) is 1. The lowest BCUT2D eigenvalue weighted by Crippen LogP contribution is -2.16. The van der Waals surface area contributed by atoms with Gasteiger partial charge in [-0.15, -0.1) is 11.8 Å². The highest BCUT2D eigenvalue weighted by Gasteiger charge is 2.12. The highest BCUT2D eigenvalue weighted by atomic mass is 32.2. The molecule has 19 heavy (non-hydrogen) atoms. The van der Waals surface area contributed by atoms with E-state index in [4.69, 9.17) is 9.84 Å². The molecule has 0 saturated carbocycles. The number of benzene rings is 1. The van der Waals surface area contributed by atoms with Gasteiger partial charge < -0.3 is 15.2 Å². The van der Waals surface area contributed by atoms with Crippen LogP contribution >= 0.6 is 11.8 Å². The van der Waals surface area contributed by atoms with Crippen LogP contribution in [0.3, 0.4) is 0 Å². The number of anilines is 1. The third-order valence-electron chi connectivity index (χ3n) is 2.27. The third kappa shape index (κ3) is 4.82. The van der Waals surface area contributed by atoms with Crippen molar-refractivity contribution in [2.75, 3.05) is 18.2 Å². The summed E-state index contributed by atoms with van der Waals surface area (Å²) in [6.45, 7) is 4.01. The Kier molecular flexibility index (Phi) is 5.69. The average molecular weight is 283 g/mol. The number of hydrogen-bond donors (Lipinski definition) is 2. The maximum atomic E-state index is 11.7. The van der Waals surface area contributed by atoms with Crippen LogP contribution in [0.1, 0.15) is 24.2 Å². The first-order chi connectivity index (χ1) is 8.93. The van der Waals surface area contributed by atoms with Gasteiger partial charge >= 0.3 is 5.97 Å². The summed E-state index contributed by atoms with van der Waals surface area (Å²) < 4.78 is 5.09. The molecule has 0 aliphatic heterocycles. The van der Waals surface area contributed by atoms with Crippen molar-refractivity contribution in [2.45, 2.75) is 19.1 Å². The Labute approximate surface area is 116 Å². The van der Waals surface area contributed by atoms with Gasteiger partial charge in [0.1, 0.15) is 5.75 Å². The molecule has 1 aromatic rings. The molecule has 0 spiro atoms. The SMILES string of the molecule is COc1ccc(C(=O)O)cc1NC(=O)CSC(C)C.